The monoisotopic (exact) mass is 533 g/mol. The molecule has 1 aromatic carbocycles. The zero-order valence-corrected chi connectivity index (χ0v) is 23.3. The summed E-state index contributed by atoms with van der Waals surface area (Å²) in [4.78, 5) is 15.8. The molecule has 2 aliphatic rings. The molecule has 38 heavy (non-hydrogen) atoms. The highest BCUT2D eigenvalue weighted by atomic mass is 32.1. The van der Waals surface area contributed by atoms with Gasteiger partial charge in [-0.2, -0.15) is 21.5 Å². The number of ether oxygens (including phenoxy) is 3. The van der Waals surface area contributed by atoms with Crippen molar-refractivity contribution in [1.29, 1.82) is 0 Å². The maximum absolute atomic E-state index is 14.0. The lowest BCUT2D eigenvalue weighted by molar-refractivity contribution is -0.0374. The van der Waals surface area contributed by atoms with E-state index in [2.05, 4.69) is 11.2 Å². The minimum atomic E-state index is -0.433. The average molecular weight is 534 g/mol. The quantitative estimate of drug-likeness (QED) is 0.376. The predicted molar refractivity (Wildman–Crippen MR) is 145 cm³/mol. The van der Waals surface area contributed by atoms with Crippen molar-refractivity contribution in [2.45, 2.75) is 39.8 Å². The molecule has 3 aromatic heterocycles. The van der Waals surface area contributed by atoms with Gasteiger partial charge in [-0.1, -0.05) is 0 Å². The van der Waals surface area contributed by atoms with Crippen molar-refractivity contribution in [3.05, 3.63) is 51.6 Å². The van der Waals surface area contributed by atoms with E-state index in [9.17, 15) is 4.79 Å². The van der Waals surface area contributed by atoms with E-state index in [1.807, 2.05) is 71.9 Å². The molecule has 198 valence electrons. The number of carbonyl (C=O) groups is 1. The highest BCUT2D eigenvalue weighted by Crippen LogP contribution is 2.47. The van der Waals surface area contributed by atoms with Crippen molar-refractivity contribution in [3.8, 4) is 39.6 Å². The summed E-state index contributed by atoms with van der Waals surface area (Å²) in [5.41, 5.74) is 7.29. The summed E-state index contributed by atoms with van der Waals surface area (Å²) in [6.07, 6.45) is 0. The van der Waals surface area contributed by atoms with Gasteiger partial charge in [-0.05, 0) is 45.2 Å². The van der Waals surface area contributed by atoms with Gasteiger partial charge in [-0.25, -0.2) is 4.68 Å². The van der Waals surface area contributed by atoms with E-state index < -0.39 is 5.54 Å². The Kier molecular flexibility index (Phi) is 5.84. The summed E-state index contributed by atoms with van der Waals surface area (Å²) < 4.78 is 21.5. The van der Waals surface area contributed by atoms with Gasteiger partial charge in [0.05, 0.1) is 42.9 Å². The minimum Gasteiger partial charge on any atom is -0.496 e. The van der Waals surface area contributed by atoms with Crippen LogP contribution in [0.5, 0.6) is 11.5 Å². The molecule has 9 nitrogen and oxygen atoms in total. The fraction of sp³-hybridized carbons (Fsp3) is 0.393. The third kappa shape index (κ3) is 3.73. The normalized spacial score (nSPS) is 16.1. The predicted octanol–water partition coefficient (Wildman–Crippen LogP) is 4.77. The molecule has 10 heteroatoms. The zero-order valence-electron chi connectivity index (χ0n) is 22.5. The van der Waals surface area contributed by atoms with Crippen LogP contribution in [0.3, 0.4) is 0 Å². The first-order valence-corrected chi connectivity index (χ1v) is 13.6. The van der Waals surface area contributed by atoms with Crippen molar-refractivity contribution in [3.63, 3.8) is 0 Å². The number of nitrogens with zero attached hydrogens (tertiary/aromatic N) is 5. The smallest absolute Gasteiger partial charge is 0.275 e. The Morgan fingerprint density at radius 1 is 1.18 bits per heavy atom. The molecule has 0 radical (unpaired) electrons. The summed E-state index contributed by atoms with van der Waals surface area (Å²) in [5, 5.41) is 13.6. The lowest BCUT2D eigenvalue weighted by atomic mass is 9.94. The Labute approximate surface area is 225 Å². The second kappa shape index (κ2) is 8.99. The molecule has 2 aliphatic heterocycles. The van der Waals surface area contributed by atoms with Gasteiger partial charge in [0.25, 0.3) is 5.91 Å². The van der Waals surface area contributed by atoms with Crippen molar-refractivity contribution < 1.29 is 19.0 Å². The van der Waals surface area contributed by atoms with Crippen LogP contribution in [0, 0.1) is 13.8 Å². The summed E-state index contributed by atoms with van der Waals surface area (Å²) in [6.45, 7) is 9.85. The SMILES string of the molecule is COc1cc2c(cc1-c1c(C)nn(C)c1C)-c1c(c(C(=O)N3CCOCC3(C)C)nn1-c1ccsc1)CO2. The highest BCUT2D eigenvalue weighted by molar-refractivity contribution is 7.08. The number of aryl methyl sites for hydroxylation is 2. The number of fused-ring (bicyclic) bond motifs is 3. The number of hydrogen-bond acceptors (Lipinski definition) is 7. The first-order chi connectivity index (χ1) is 18.2. The van der Waals surface area contributed by atoms with Crippen LogP contribution in [0.2, 0.25) is 0 Å². The molecule has 0 atom stereocenters. The Morgan fingerprint density at radius 3 is 2.66 bits per heavy atom. The van der Waals surface area contributed by atoms with E-state index in [-0.39, 0.29) is 12.5 Å². The molecule has 1 fully saturated rings. The van der Waals surface area contributed by atoms with Crippen LogP contribution in [-0.4, -0.2) is 62.8 Å². The third-order valence-electron chi connectivity index (χ3n) is 7.53. The maximum atomic E-state index is 14.0. The Morgan fingerprint density at radius 2 is 2.00 bits per heavy atom. The molecule has 5 heterocycles. The first kappa shape index (κ1) is 24.7. The maximum Gasteiger partial charge on any atom is 0.275 e. The second-order valence-electron chi connectivity index (χ2n) is 10.4. The third-order valence-corrected chi connectivity index (χ3v) is 8.21. The summed E-state index contributed by atoms with van der Waals surface area (Å²) in [7, 11) is 3.60. The Hall–Kier alpha value is -3.63. The van der Waals surface area contributed by atoms with E-state index in [0.29, 0.717) is 37.0 Å². The van der Waals surface area contributed by atoms with Crippen molar-refractivity contribution in [2.75, 3.05) is 26.9 Å². The number of hydrogen-bond donors (Lipinski definition) is 0. The molecule has 0 unspecified atom stereocenters. The van der Waals surface area contributed by atoms with Crippen LogP contribution >= 0.6 is 11.3 Å². The van der Waals surface area contributed by atoms with Crippen molar-refractivity contribution in [2.24, 2.45) is 7.05 Å². The van der Waals surface area contributed by atoms with Crippen molar-refractivity contribution in [1.82, 2.24) is 24.5 Å². The van der Waals surface area contributed by atoms with Gasteiger partial charge in [0.1, 0.15) is 18.1 Å². The van der Waals surface area contributed by atoms with Gasteiger partial charge in [0.2, 0.25) is 0 Å². The number of amides is 1. The molecule has 6 rings (SSSR count). The number of methoxy groups -OCH3 is 1. The van der Waals surface area contributed by atoms with Gasteiger partial charge in [0.15, 0.2) is 5.69 Å². The standard InChI is InChI=1S/C28H31N5O4S/c1-16-24(17(2)31(5)29-16)19-11-20-23(12-22(19)35-6)37-13-21-25(27(34)32-8-9-36-15-28(32,3)4)30-33(26(20)21)18-7-10-38-14-18/h7,10-12,14H,8-9,13,15H2,1-6H3. The molecule has 1 amide bonds. The Balaban J connectivity index is 1.58. The number of benzene rings is 1. The van der Waals surface area contributed by atoms with Crippen LogP contribution < -0.4 is 9.47 Å². The zero-order chi connectivity index (χ0) is 26.8. The van der Waals surface area contributed by atoms with Gasteiger partial charge in [0, 0.05) is 53.0 Å². The number of aromatic nitrogens is 4. The average Bonchev–Trinajstić information content (AvgIpc) is 3.61. The molecule has 4 aromatic rings. The summed E-state index contributed by atoms with van der Waals surface area (Å²) in [6, 6.07) is 6.03. The topological polar surface area (TPSA) is 83.6 Å². The number of rotatable bonds is 4. The molecule has 0 spiro atoms. The highest BCUT2D eigenvalue weighted by Gasteiger charge is 2.39. The van der Waals surface area contributed by atoms with Crippen LogP contribution in [0.1, 0.15) is 41.3 Å². The van der Waals surface area contributed by atoms with E-state index in [1.54, 1.807) is 18.4 Å². The molecule has 0 bridgehead atoms. The van der Waals surface area contributed by atoms with Crippen molar-refractivity contribution >= 4 is 17.2 Å². The number of morpholine rings is 1. The first-order valence-electron chi connectivity index (χ1n) is 12.6. The molecule has 1 saturated heterocycles. The lowest BCUT2D eigenvalue weighted by Gasteiger charge is -2.41. The van der Waals surface area contributed by atoms with Crippen LogP contribution in [0.15, 0.2) is 29.0 Å². The van der Waals surface area contributed by atoms with Crippen LogP contribution in [-0.2, 0) is 18.4 Å². The van der Waals surface area contributed by atoms with E-state index in [0.717, 1.165) is 45.0 Å². The van der Waals surface area contributed by atoms with E-state index >= 15 is 0 Å². The molecule has 0 saturated carbocycles. The molecular formula is C28H31N5O4S. The van der Waals surface area contributed by atoms with E-state index in [1.165, 1.54) is 0 Å². The van der Waals surface area contributed by atoms with Crippen LogP contribution in [0.25, 0.3) is 28.1 Å². The molecular weight excluding hydrogens is 502 g/mol. The lowest BCUT2D eigenvalue weighted by Crippen LogP contribution is -2.55. The van der Waals surface area contributed by atoms with Gasteiger partial charge >= 0.3 is 0 Å². The second-order valence-corrected chi connectivity index (χ2v) is 11.2. The minimum absolute atomic E-state index is 0.108. The van der Waals surface area contributed by atoms with Crippen LogP contribution in [0.4, 0.5) is 0 Å². The van der Waals surface area contributed by atoms with E-state index in [4.69, 9.17) is 19.3 Å². The fourth-order valence-electron chi connectivity index (χ4n) is 5.51. The fourth-order valence-corrected chi connectivity index (χ4v) is 6.12. The number of carbonyl (C=O) groups excluding carboxylic acids is 1. The van der Waals surface area contributed by atoms with Gasteiger partial charge < -0.3 is 19.1 Å². The largest absolute Gasteiger partial charge is 0.496 e. The molecule has 0 N–H and O–H groups in total. The summed E-state index contributed by atoms with van der Waals surface area (Å²) >= 11 is 1.59. The number of thiophene rings is 1. The van der Waals surface area contributed by atoms with Gasteiger partial charge in [-0.3, -0.25) is 9.48 Å². The Bertz CT molecular complexity index is 1550. The summed E-state index contributed by atoms with van der Waals surface area (Å²) in [5.74, 6) is 1.29. The van der Waals surface area contributed by atoms with Gasteiger partial charge in [-0.15, -0.1) is 0 Å². The molecule has 0 aliphatic carbocycles.